The van der Waals surface area contributed by atoms with E-state index in [1.807, 2.05) is 24.3 Å². The number of sulfonamides is 1. The van der Waals surface area contributed by atoms with Crippen LogP contribution in [0.2, 0.25) is 0 Å². The van der Waals surface area contributed by atoms with Crippen molar-refractivity contribution in [3.63, 3.8) is 0 Å². The third-order valence-electron chi connectivity index (χ3n) is 5.04. The van der Waals surface area contributed by atoms with Crippen LogP contribution in [0.4, 0.5) is 0 Å². The molecule has 5 nitrogen and oxygen atoms in total. The van der Waals surface area contributed by atoms with E-state index < -0.39 is 10.0 Å². The summed E-state index contributed by atoms with van der Waals surface area (Å²) in [4.78, 5) is 0. The Balaban J connectivity index is 1.92. The van der Waals surface area contributed by atoms with Gasteiger partial charge in [-0.05, 0) is 42.2 Å². The van der Waals surface area contributed by atoms with Crippen LogP contribution >= 0.6 is 0 Å². The fraction of sp³-hybridized carbons (Fsp3) is 0.381. The van der Waals surface area contributed by atoms with Gasteiger partial charge in [0, 0.05) is 12.6 Å². The Kier molecular flexibility index (Phi) is 6.15. The van der Waals surface area contributed by atoms with Crippen LogP contribution in [-0.4, -0.2) is 26.4 Å². The summed E-state index contributed by atoms with van der Waals surface area (Å²) >= 11 is 0. The van der Waals surface area contributed by atoms with E-state index in [9.17, 15) is 13.7 Å². The lowest BCUT2D eigenvalue weighted by Crippen LogP contribution is -2.35. The minimum absolute atomic E-state index is 0.149. The normalized spacial score (nSPS) is 18.4. The maximum atomic E-state index is 13.3. The van der Waals surface area contributed by atoms with Crippen molar-refractivity contribution in [1.29, 1.82) is 5.26 Å². The van der Waals surface area contributed by atoms with Gasteiger partial charge in [0.2, 0.25) is 10.0 Å². The second-order valence-corrected chi connectivity index (χ2v) is 8.70. The third kappa shape index (κ3) is 4.49. The van der Waals surface area contributed by atoms with Crippen LogP contribution in [0, 0.1) is 11.3 Å². The molecule has 1 heterocycles. The first-order chi connectivity index (χ1) is 13.0. The van der Waals surface area contributed by atoms with E-state index >= 15 is 0 Å². The highest BCUT2D eigenvalue weighted by molar-refractivity contribution is 7.88. The zero-order valence-electron chi connectivity index (χ0n) is 15.5. The van der Waals surface area contributed by atoms with E-state index in [1.165, 1.54) is 0 Å². The van der Waals surface area contributed by atoms with Gasteiger partial charge in [-0.1, -0.05) is 43.2 Å². The van der Waals surface area contributed by atoms with Crippen molar-refractivity contribution in [3.8, 4) is 11.8 Å². The van der Waals surface area contributed by atoms with Gasteiger partial charge in [-0.25, -0.2) is 8.42 Å². The van der Waals surface area contributed by atoms with Crippen molar-refractivity contribution < 1.29 is 13.2 Å². The molecule has 0 N–H and O–H groups in total. The van der Waals surface area contributed by atoms with E-state index in [1.54, 1.807) is 35.7 Å². The number of nitriles is 1. The largest absolute Gasteiger partial charge is 0.497 e. The molecule has 0 radical (unpaired) electrons. The molecule has 1 saturated heterocycles. The Morgan fingerprint density at radius 3 is 2.56 bits per heavy atom. The number of hydrogen-bond donors (Lipinski definition) is 0. The second-order valence-electron chi connectivity index (χ2n) is 6.77. The van der Waals surface area contributed by atoms with Gasteiger partial charge in [0.15, 0.2) is 0 Å². The number of rotatable bonds is 5. The Labute approximate surface area is 161 Å². The predicted molar refractivity (Wildman–Crippen MR) is 105 cm³/mol. The first-order valence-electron chi connectivity index (χ1n) is 9.16. The highest BCUT2D eigenvalue weighted by atomic mass is 32.2. The number of nitrogens with zero attached hydrogens (tertiary/aromatic N) is 2. The van der Waals surface area contributed by atoms with Crippen LogP contribution in [0.3, 0.4) is 0 Å². The van der Waals surface area contributed by atoms with E-state index in [0.717, 1.165) is 37.0 Å². The van der Waals surface area contributed by atoms with Crippen LogP contribution < -0.4 is 4.74 Å². The molecule has 1 atom stereocenters. The molecule has 0 unspecified atom stereocenters. The fourth-order valence-electron chi connectivity index (χ4n) is 3.61. The summed E-state index contributed by atoms with van der Waals surface area (Å²) in [5, 5.41) is 9.28. The van der Waals surface area contributed by atoms with Gasteiger partial charge in [0.25, 0.3) is 0 Å². The van der Waals surface area contributed by atoms with E-state index in [-0.39, 0.29) is 11.8 Å². The summed E-state index contributed by atoms with van der Waals surface area (Å²) in [6.45, 7) is 0.508. The minimum atomic E-state index is -3.55. The molecule has 3 rings (SSSR count). The Morgan fingerprint density at radius 1 is 1.11 bits per heavy atom. The molecular formula is C21H24N2O3S. The first-order valence-corrected chi connectivity index (χ1v) is 10.8. The average Bonchev–Trinajstić information content (AvgIpc) is 2.95. The molecule has 2 aromatic rings. The number of benzene rings is 2. The summed E-state index contributed by atoms with van der Waals surface area (Å²) in [5.74, 6) is 0.605. The standard InChI is InChI=1S/C21H24N2O3S/c1-26-20-12-10-17(11-13-20)21-9-3-2-6-14-23(21)27(24,25)16-19-8-5-4-7-18(19)15-22/h4-5,7-8,10-13,21H,2-3,6,9,14,16H2,1H3/t21-/m0/s1. The van der Waals surface area contributed by atoms with Gasteiger partial charge in [-0.15, -0.1) is 0 Å². The van der Waals surface area contributed by atoms with Crippen molar-refractivity contribution in [1.82, 2.24) is 4.31 Å². The van der Waals surface area contributed by atoms with Crippen LogP contribution in [-0.2, 0) is 15.8 Å². The van der Waals surface area contributed by atoms with Gasteiger partial charge in [0.05, 0.1) is 24.5 Å². The van der Waals surface area contributed by atoms with Crippen molar-refractivity contribution in [2.75, 3.05) is 13.7 Å². The lowest BCUT2D eigenvalue weighted by atomic mass is 10.0. The number of ether oxygens (including phenoxy) is 1. The summed E-state index contributed by atoms with van der Waals surface area (Å²) in [5.41, 5.74) is 1.95. The maximum Gasteiger partial charge on any atom is 0.218 e. The monoisotopic (exact) mass is 384 g/mol. The molecule has 0 amide bonds. The molecule has 142 valence electrons. The van der Waals surface area contributed by atoms with Crippen molar-refractivity contribution in [3.05, 3.63) is 65.2 Å². The van der Waals surface area contributed by atoms with Crippen LogP contribution in [0.25, 0.3) is 0 Å². The summed E-state index contributed by atoms with van der Waals surface area (Å²) in [7, 11) is -1.94. The molecule has 0 aliphatic carbocycles. The quantitative estimate of drug-likeness (QED) is 0.781. The van der Waals surface area contributed by atoms with Crippen molar-refractivity contribution >= 4 is 10.0 Å². The van der Waals surface area contributed by atoms with Gasteiger partial charge >= 0.3 is 0 Å². The maximum absolute atomic E-state index is 13.3. The lowest BCUT2D eigenvalue weighted by molar-refractivity contribution is 0.328. The molecule has 0 spiro atoms. The minimum Gasteiger partial charge on any atom is -0.497 e. The Hall–Kier alpha value is -2.36. The molecule has 0 aromatic heterocycles. The number of methoxy groups -OCH3 is 1. The van der Waals surface area contributed by atoms with E-state index in [2.05, 4.69) is 6.07 Å². The summed E-state index contributed by atoms with van der Waals surface area (Å²) in [6.07, 6.45) is 3.67. The van der Waals surface area contributed by atoms with Gasteiger partial charge < -0.3 is 4.74 Å². The fourth-order valence-corrected chi connectivity index (χ4v) is 5.44. The Bertz CT molecular complexity index is 917. The highest BCUT2D eigenvalue weighted by Crippen LogP contribution is 2.34. The van der Waals surface area contributed by atoms with Crippen molar-refractivity contribution in [2.45, 2.75) is 37.5 Å². The lowest BCUT2D eigenvalue weighted by Gasteiger charge is -2.30. The molecule has 6 heteroatoms. The highest BCUT2D eigenvalue weighted by Gasteiger charge is 2.32. The zero-order chi connectivity index (χ0) is 19.3. The topological polar surface area (TPSA) is 70.4 Å². The smallest absolute Gasteiger partial charge is 0.218 e. The molecule has 1 aliphatic rings. The summed E-state index contributed by atoms with van der Waals surface area (Å²) in [6, 6.07) is 16.4. The first kappa shape index (κ1) is 19.4. The van der Waals surface area contributed by atoms with E-state index in [4.69, 9.17) is 4.74 Å². The van der Waals surface area contributed by atoms with Gasteiger partial charge in [0.1, 0.15) is 5.75 Å². The van der Waals surface area contributed by atoms with Crippen molar-refractivity contribution in [2.24, 2.45) is 0 Å². The van der Waals surface area contributed by atoms with Crippen LogP contribution in [0.15, 0.2) is 48.5 Å². The molecule has 0 bridgehead atoms. The molecule has 0 saturated carbocycles. The molecular weight excluding hydrogens is 360 g/mol. The van der Waals surface area contributed by atoms with Gasteiger partial charge in [-0.3, -0.25) is 0 Å². The molecule has 1 fully saturated rings. The molecule has 2 aromatic carbocycles. The zero-order valence-corrected chi connectivity index (χ0v) is 16.3. The molecule has 1 aliphatic heterocycles. The second kappa shape index (κ2) is 8.55. The van der Waals surface area contributed by atoms with Crippen LogP contribution in [0.5, 0.6) is 5.75 Å². The average molecular weight is 385 g/mol. The summed E-state index contributed by atoms with van der Waals surface area (Å²) < 4.78 is 33.4. The SMILES string of the molecule is COc1ccc([C@@H]2CCCCCN2S(=O)(=O)Cc2ccccc2C#N)cc1. The van der Waals surface area contributed by atoms with Gasteiger partial charge in [-0.2, -0.15) is 9.57 Å². The third-order valence-corrected chi connectivity index (χ3v) is 6.86. The molecule has 27 heavy (non-hydrogen) atoms. The predicted octanol–water partition coefficient (Wildman–Crippen LogP) is 4.01. The number of hydrogen-bond acceptors (Lipinski definition) is 4. The Morgan fingerprint density at radius 2 is 1.85 bits per heavy atom. The van der Waals surface area contributed by atoms with Crippen LogP contribution in [0.1, 0.15) is 48.4 Å². The van der Waals surface area contributed by atoms with E-state index in [0.29, 0.717) is 17.7 Å².